The summed E-state index contributed by atoms with van der Waals surface area (Å²) in [6.07, 6.45) is 3.22. The van der Waals surface area contributed by atoms with E-state index in [1.165, 1.54) is 0 Å². The van der Waals surface area contributed by atoms with E-state index in [0.29, 0.717) is 17.8 Å². The molecule has 0 spiro atoms. The van der Waals surface area contributed by atoms with Crippen molar-refractivity contribution >= 4 is 27.8 Å². The molecule has 28 heavy (non-hydrogen) atoms. The molecule has 0 saturated carbocycles. The number of rotatable bonds is 12. The van der Waals surface area contributed by atoms with Crippen molar-refractivity contribution in [1.82, 2.24) is 0 Å². The maximum absolute atomic E-state index is 6.85. The van der Waals surface area contributed by atoms with Crippen LogP contribution >= 0.6 is 20.5 Å². The van der Waals surface area contributed by atoms with Crippen LogP contribution in [0.3, 0.4) is 0 Å². The number of hydrogen-bond acceptors (Lipinski definition) is 3. The van der Waals surface area contributed by atoms with Crippen LogP contribution in [0.1, 0.15) is 41.5 Å². The summed E-state index contributed by atoms with van der Waals surface area (Å²) in [5.74, 6) is 1.76. The summed E-state index contributed by atoms with van der Waals surface area (Å²) in [6.45, 7) is 27.3. The summed E-state index contributed by atoms with van der Waals surface area (Å²) in [4.78, 5) is 0. The third kappa shape index (κ3) is 13.5. The van der Waals surface area contributed by atoms with Gasteiger partial charge in [0.15, 0.2) is 0 Å². The first-order valence-corrected chi connectivity index (χ1v) is 22.0. The molecule has 0 rings (SSSR count). The molecule has 0 heterocycles. The summed E-state index contributed by atoms with van der Waals surface area (Å²) in [7, 11) is -0.579. The molecule has 7 heteroatoms. The fraction of sp³-hybridized carbons (Fsp3) is 1.00. The topological polar surface area (TPSA) is 27.7 Å². The van der Waals surface area contributed by atoms with Crippen molar-refractivity contribution in [2.45, 2.75) is 41.5 Å². The fourth-order valence-corrected chi connectivity index (χ4v) is 15.0. The monoisotopic (exact) mass is 458 g/mol. The van der Waals surface area contributed by atoms with E-state index in [0.717, 1.165) is 18.5 Å². The number of hydrogen-bond donors (Lipinski definition) is 0. The Balaban J connectivity index is 5.93. The van der Waals surface area contributed by atoms with Crippen LogP contribution in [-0.4, -0.2) is 85.8 Å². The second kappa shape index (κ2) is 8.64. The van der Waals surface area contributed by atoms with E-state index in [2.05, 4.69) is 102 Å². The molecule has 0 aromatic carbocycles. The molecule has 0 atom stereocenters. The van der Waals surface area contributed by atoms with E-state index in [9.17, 15) is 0 Å². The molecule has 0 amide bonds. The van der Waals surface area contributed by atoms with Crippen LogP contribution in [0.2, 0.25) is 0 Å². The van der Waals surface area contributed by atoms with Crippen molar-refractivity contribution in [3.8, 4) is 0 Å². The molecule has 0 N–H and O–H groups in total. The van der Waals surface area contributed by atoms with Gasteiger partial charge >= 0.3 is 179 Å². The van der Waals surface area contributed by atoms with Gasteiger partial charge < -0.3 is 0 Å². The summed E-state index contributed by atoms with van der Waals surface area (Å²) in [5.41, 5.74) is 0. The molecule has 0 fully saturated rings. The van der Waals surface area contributed by atoms with Crippen LogP contribution in [0.15, 0.2) is 0 Å². The molecular weight excluding hydrogens is 404 g/mol. The average Bonchev–Trinajstić information content (AvgIpc) is 2.13. The van der Waals surface area contributed by atoms with Crippen LogP contribution in [0, 0.1) is 17.8 Å². The molecule has 0 aliphatic rings. The minimum atomic E-state index is -2.37. The fourth-order valence-electron chi connectivity index (χ4n) is 4.88. The second-order valence-electron chi connectivity index (χ2n) is 14.2. The minimum absolute atomic E-state index is 0.579. The molecule has 0 aliphatic heterocycles. The van der Waals surface area contributed by atoms with Crippen molar-refractivity contribution in [2.75, 3.05) is 78.5 Å². The van der Waals surface area contributed by atoms with Gasteiger partial charge in [-0.2, -0.15) is 0 Å². The maximum atomic E-state index is 6.85. The molecule has 0 aliphatic carbocycles. The van der Waals surface area contributed by atoms with Crippen LogP contribution in [0.4, 0.5) is 0 Å². The first kappa shape index (κ1) is 29.2. The van der Waals surface area contributed by atoms with E-state index in [-0.39, 0.29) is 0 Å². The molecular formula is C21H54BO3P3. The van der Waals surface area contributed by atoms with Gasteiger partial charge in [0.1, 0.15) is 0 Å². The van der Waals surface area contributed by atoms with E-state index < -0.39 is 27.8 Å². The van der Waals surface area contributed by atoms with Gasteiger partial charge in [-0.05, 0) is 0 Å². The van der Waals surface area contributed by atoms with Gasteiger partial charge in [-0.3, -0.25) is 0 Å². The summed E-state index contributed by atoms with van der Waals surface area (Å²) < 4.78 is 20.6. The Morgan fingerprint density at radius 3 is 0.786 bits per heavy atom. The van der Waals surface area contributed by atoms with E-state index in [4.69, 9.17) is 13.3 Å². The molecule has 174 valence electrons. The van der Waals surface area contributed by atoms with Crippen molar-refractivity contribution in [3.63, 3.8) is 0 Å². The summed E-state index contributed by atoms with van der Waals surface area (Å²) >= 11 is 0. The molecule has 0 bridgehead atoms. The molecule has 0 aromatic rings. The van der Waals surface area contributed by atoms with Gasteiger partial charge in [-0.1, -0.05) is 0 Å². The first-order chi connectivity index (χ1) is 11.8. The Kier molecular flexibility index (Phi) is 9.02. The SMILES string of the molecule is CC(C)CP(C)(C)(C)OB(OP(C)(C)(C)CC(C)C)OP(C)(C)(C)CC(C)C. The molecule has 3 nitrogen and oxygen atoms in total. The van der Waals surface area contributed by atoms with Crippen molar-refractivity contribution in [1.29, 1.82) is 0 Å². The van der Waals surface area contributed by atoms with Crippen molar-refractivity contribution in [3.05, 3.63) is 0 Å². The predicted molar refractivity (Wildman–Crippen MR) is 142 cm³/mol. The van der Waals surface area contributed by atoms with Gasteiger partial charge in [-0.15, -0.1) is 0 Å². The average molecular weight is 458 g/mol. The zero-order valence-electron chi connectivity index (χ0n) is 22.0. The van der Waals surface area contributed by atoms with Crippen LogP contribution in [-0.2, 0) is 13.3 Å². The van der Waals surface area contributed by atoms with Crippen LogP contribution in [0.5, 0.6) is 0 Å². The molecule has 0 unspecified atom stereocenters. The van der Waals surface area contributed by atoms with E-state index >= 15 is 0 Å². The predicted octanol–water partition coefficient (Wildman–Crippen LogP) is 7.06. The molecule has 0 radical (unpaired) electrons. The Bertz CT molecular complexity index is 444. The van der Waals surface area contributed by atoms with E-state index in [1.807, 2.05) is 0 Å². The van der Waals surface area contributed by atoms with Crippen molar-refractivity contribution < 1.29 is 13.3 Å². The second-order valence-corrected chi connectivity index (χ2v) is 33.8. The van der Waals surface area contributed by atoms with Gasteiger partial charge in [0.2, 0.25) is 0 Å². The Hall–Kier alpha value is 1.23. The Morgan fingerprint density at radius 1 is 0.464 bits per heavy atom. The summed E-state index contributed by atoms with van der Waals surface area (Å²) in [5, 5.41) is 0. The third-order valence-corrected chi connectivity index (χ3v) is 13.2. The molecule has 0 saturated heterocycles. The zero-order chi connectivity index (χ0) is 22.9. The quantitative estimate of drug-likeness (QED) is 0.231. The molecule has 0 aromatic heterocycles. The van der Waals surface area contributed by atoms with Gasteiger partial charge in [0.25, 0.3) is 0 Å². The normalized spacial score (nSPS) is 18.4. The third-order valence-electron chi connectivity index (χ3n) is 4.39. The van der Waals surface area contributed by atoms with Gasteiger partial charge in [-0.25, -0.2) is 0 Å². The Morgan fingerprint density at radius 2 is 0.643 bits per heavy atom. The van der Waals surface area contributed by atoms with Crippen LogP contribution in [0.25, 0.3) is 0 Å². The zero-order valence-corrected chi connectivity index (χ0v) is 24.7. The van der Waals surface area contributed by atoms with E-state index in [1.54, 1.807) is 0 Å². The van der Waals surface area contributed by atoms with Gasteiger partial charge in [0.05, 0.1) is 0 Å². The van der Waals surface area contributed by atoms with Crippen LogP contribution < -0.4 is 0 Å². The van der Waals surface area contributed by atoms with Gasteiger partial charge in [0, 0.05) is 0 Å². The first-order valence-electron chi connectivity index (χ1n) is 10.9. The summed E-state index contributed by atoms with van der Waals surface area (Å²) in [6, 6.07) is 0. The Labute approximate surface area is 179 Å². The van der Waals surface area contributed by atoms with Crippen molar-refractivity contribution in [2.24, 2.45) is 17.8 Å². The standard InChI is InChI=1S/C21H54BO3P3/c1-19(2)16-26(7,8,9)23-22(24-27(10,11,12)17-20(3)4)25-28(13,14,15)18-21(5)6/h19-21H,16-18H2,1-15H3.